The Labute approximate surface area is 202 Å². The van der Waals surface area contributed by atoms with E-state index in [9.17, 15) is 4.79 Å². The van der Waals surface area contributed by atoms with E-state index in [-0.39, 0.29) is 18.4 Å². The Hall–Kier alpha value is -2.78. The molecule has 8 nitrogen and oxygen atoms in total. The van der Waals surface area contributed by atoms with Crippen molar-refractivity contribution >= 4 is 58.3 Å². The molecular formula is C20H14Cl4N6O2. The molecule has 0 saturated heterocycles. The number of para-hydroxylation sites is 1. The van der Waals surface area contributed by atoms with E-state index < -0.39 is 5.91 Å². The van der Waals surface area contributed by atoms with Gasteiger partial charge in [0.2, 0.25) is 5.95 Å². The van der Waals surface area contributed by atoms with E-state index in [2.05, 4.69) is 20.5 Å². The van der Waals surface area contributed by atoms with Crippen molar-refractivity contribution in [2.24, 2.45) is 0 Å². The number of aromatic nitrogens is 5. The van der Waals surface area contributed by atoms with Crippen molar-refractivity contribution in [3.63, 3.8) is 0 Å². The molecule has 1 amide bonds. The minimum absolute atomic E-state index is 0.0193. The van der Waals surface area contributed by atoms with Gasteiger partial charge in [-0.2, -0.15) is 5.10 Å². The zero-order chi connectivity index (χ0) is 22.7. The summed E-state index contributed by atoms with van der Waals surface area (Å²) in [5.41, 5.74) is 0.979. The Morgan fingerprint density at radius 3 is 2.50 bits per heavy atom. The molecule has 0 aliphatic heterocycles. The monoisotopic (exact) mass is 510 g/mol. The summed E-state index contributed by atoms with van der Waals surface area (Å²) in [7, 11) is 0. The van der Waals surface area contributed by atoms with Crippen molar-refractivity contribution in [1.82, 2.24) is 24.5 Å². The molecule has 32 heavy (non-hydrogen) atoms. The van der Waals surface area contributed by atoms with Crippen molar-refractivity contribution < 1.29 is 9.53 Å². The fourth-order valence-electron chi connectivity index (χ4n) is 2.72. The molecule has 0 atom stereocenters. The summed E-state index contributed by atoms with van der Waals surface area (Å²) >= 11 is 24.3. The van der Waals surface area contributed by atoms with E-state index in [1.165, 1.54) is 17.1 Å². The number of halogens is 4. The number of ether oxygens (including phenoxy) is 1. The van der Waals surface area contributed by atoms with Gasteiger partial charge in [-0.05, 0) is 35.9 Å². The minimum atomic E-state index is -0.471. The summed E-state index contributed by atoms with van der Waals surface area (Å²) in [6.45, 7) is 0.390. The highest BCUT2D eigenvalue weighted by Gasteiger charge is 2.14. The average molecular weight is 512 g/mol. The lowest BCUT2D eigenvalue weighted by molar-refractivity contribution is 0.101. The number of rotatable bonds is 7. The summed E-state index contributed by atoms with van der Waals surface area (Å²) in [5.74, 6) is 0.00315. The molecule has 0 aliphatic rings. The van der Waals surface area contributed by atoms with Crippen molar-refractivity contribution in [3.05, 3.63) is 86.3 Å². The summed E-state index contributed by atoms with van der Waals surface area (Å²) in [6, 6.07) is 11.8. The van der Waals surface area contributed by atoms with Gasteiger partial charge in [0.25, 0.3) is 5.91 Å². The number of carbonyl (C=O) groups excluding carboxylic acids is 1. The van der Waals surface area contributed by atoms with Crippen LogP contribution in [0.1, 0.15) is 16.1 Å². The molecule has 164 valence electrons. The molecular weight excluding hydrogens is 498 g/mol. The lowest BCUT2D eigenvalue weighted by atomic mass is 10.2. The molecule has 2 heterocycles. The van der Waals surface area contributed by atoms with E-state index >= 15 is 0 Å². The fourth-order valence-corrected chi connectivity index (χ4v) is 3.70. The third-order valence-electron chi connectivity index (χ3n) is 4.24. The van der Waals surface area contributed by atoms with Crippen LogP contribution >= 0.6 is 46.4 Å². The van der Waals surface area contributed by atoms with Crippen LogP contribution in [-0.4, -0.2) is 30.5 Å². The number of anilines is 1. The maximum Gasteiger partial charge on any atom is 0.278 e. The first kappa shape index (κ1) is 22.4. The second kappa shape index (κ2) is 9.79. The molecule has 0 unspecified atom stereocenters. The lowest BCUT2D eigenvalue weighted by Crippen LogP contribution is -2.15. The van der Waals surface area contributed by atoms with Crippen LogP contribution in [0.5, 0.6) is 5.75 Å². The number of nitrogens with zero attached hydrogens (tertiary/aromatic N) is 5. The molecule has 12 heteroatoms. The van der Waals surface area contributed by atoms with Crippen LogP contribution in [0.3, 0.4) is 0 Å². The maximum atomic E-state index is 12.5. The first-order valence-electron chi connectivity index (χ1n) is 9.14. The number of hydrogen-bond donors (Lipinski definition) is 1. The normalized spacial score (nSPS) is 10.9. The third-order valence-corrected chi connectivity index (χ3v) is 5.42. The summed E-state index contributed by atoms with van der Waals surface area (Å²) in [5, 5.41) is 12.8. The molecule has 2 aromatic carbocycles. The zero-order valence-corrected chi connectivity index (χ0v) is 19.2. The molecule has 0 fully saturated rings. The first-order chi connectivity index (χ1) is 15.4. The van der Waals surface area contributed by atoms with Crippen LogP contribution in [0.4, 0.5) is 5.95 Å². The van der Waals surface area contributed by atoms with Crippen LogP contribution in [0.2, 0.25) is 20.1 Å². The van der Waals surface area contributed by atoms with Crippen LogP contribution in [0.25, 0.3) is 0 Å². The van der Waals surface area contributed by atoms with Crippen molar-refractivity contribution in [2.75, 3.05) is 5.32 Å². The lowest BCUT2D eigenvalue weighted by Gasteiger charge is -2.09. The summed E-state index contributed by atoms with van der Waals surface area (Å²) < 4.78 is 8.58. The summed E-state index contributed by atoms with van der Waals surface area (Å²) in [4.78, 5) is 16.6. The topological polar surface area (TPSA) is 86.9 Å². The van der Waals surface area contributed by atoms with E-state index in [1.54, 1.807) is 47.3 Å². The smallest absolute Gasteiger partial charge is 0.278 e. The standard InChI is InChI=1S/C20H14Cl4N6O2/c21-13-5-4-12(16(24)8-13)9-30-10-25-20(28-30)26-19(31)17-6-7-29(27-17)11-32-18-14(22)2-1-3-15(18)23/h1-8,10H,9,11H2,(H,26,28,31). The Balaban J connectivity index is 1.36. The number of carbonyl (C=O) groups is 1. The molecule has 4 aromatic rings. The first-order valence-corrected chi connectivity index (χ1v) is 10.7. The summed E-state index contributed by atoms with van der Waals surface area (Å²) in [6.07, 6.45) is 3.08. The number of nitrogens with one attached hydrogen (secondary N) is 1. The average Bonchev–Trinajstić information content (AvgIpc) is 3.39. The van der Waals surface area contributed by atoms with Gasteiger partial charge in [-0.15, -0.1) is 5.10 Å². The predicted octanol–water partition coefficient (Wildman–Crippen LogP) is 5.43. The van der Waals surface area contributed by atoms with Crippen molar-refractivity contribution in [2.45, 2.75) is 13.3 Å². The van der Waals surface area contributed by atoms with Gasteiger partial charge in [-0.25, -0.2) is 14.3 Å². The van der Waals surface area contributed by atoms with Crippen LogP contribution in [0.15, 0.2) is 55.0 Å². The number of hydrogen-bond acceptors (Lipinski definition) is 5. The number of amides is 1. The maximum absolute atomic E-state index is 12.5. The highest BCUT2D eigenvalue weighted by Crippen LogP contribution is 2.32. The van der Waals surface area contributed by atoms with Crippen LogP contribution < -0.4 is 10.1 Å². The van der Waals surface area contributed by atoms with E-state index in [0.29, 0.717) is 32.4 Å². The molecule has 4 rings (SSSR count). The van der Waals surface area contributed by atoms with Crippen LogP contribution in [-0.2, 0) is 13.3 Å². The second-order valence-electron chi connectivity index (χ2n) is 6.52. The van der Waals surface area contributed by atoms with Gasteiger partial charge >= 0.3 is 0 Å². The molecule has 1 N–H and O–H groups in total. The highest BCUT2D eigenvalue weighted by atomic mass is 35.5. The Morgan fingerprint density at radius 1 is 0.969 bits per heavy atom. The molecule has 0 aliphatic carbocycles. The molecule has 2 aromatic heterocycles. The molecule has 0 radical (unpaired) electrons. The quantitative estimate of drug-likeness (QED) is 0.357. The van der Waals surface area contributed by atoms with E-state index in [0.717, 1.165) is 5.56 Å². The van der Waals surface area contributed by atoms with Gasteiger partial charge in [-0.3, -0.25) is 10.1 Å². The SMILES string of the molecule is O=C(Nc1ncn(Cc2ccc(Cl)cc2Cl)n1)c1ccn(COc2c(Cl)cccc2Cl)n1. The highest BCUT2D eigenvalue weighted by molar-refractivity contribution is 6.37. The third kappa shape index (κ3) is 5.34. The molecule has 0 spiro atoms. The van der Waals surface area contributed by atoms with Gasteiger partial charge in [0.1, 0.15) is 6.33 Å². The van der Waals surface area contributed by atoms with E-state index in [1.807, 2.05) is 0 Å². The van der Waals surface area contributed by atoms with Crippen molar-refractivity contribution in [3.8, 4) is 5.75 Å². The van der Waals surface area contributed by atoms with Gasteiger partial charge < -0.3 is 4.74 Å². The van der Waals surface area contributed by atoms with Gasteiger partial charge in [0.15, 0.2) is 18.2 Å². The van der Waals surface area contributed by atoms with Crippen LogP contribution in [0, 0.1) is 0 Å². The molecule has 0 saturated carbocycles. The minimum Gasteiger partial charge on any atom is -0.468 e. The Morgan fingerprint density at radius 2 is 1.75 bits per heavy atom. The number of benzene rings is 2. The van der Waals surface area contributed by atoms with E-state index in [4.69, 9.17) is 51.1 Å². The largest absolute Gasteiger partial charge is 0.468 e. The Bertz CT molecular complexity index is 1250. The van der Waals surface area contributed by atoms with Gasteiger partial charge in [0, 0.05) is 16.2 Å². The van der Waals surface area contributed by atoms with Gasteiger partial charge in [-0.1, -0.05) is 58.5 Å². The Kier molecular flexibility index (Phi) is 6.86. The zero-order valence-electron chi connectivity index (χ0n) is 16.2. The van der Waals surface area contributed by atoms with Gasteiger partial charge in [0.05, 0.1) is 16.6 Å². The second-order valence-corrected chi connectivity index (χ2v) is 8.18. The van der Waals surface area contributed by atoms with Crippen molar-refractivity contribution in [1.29, 1.82) is 0 Å². The molecule has 0 bridgehead atoms. The predicted molar refractivity (Wildman–Crippen MR) is 123 cm³/mol. The fraction of sp³-hybridized carbons (Fsp3) is 0.100.